The first-order valence-electron chi connectivity index (χ1n) is 10.9. The summed E-state index contributed by atoms with van der Waals surface area (Å²) < 4.78 is 5.44. The fourth-order valence-corrected chi connectivity index (χ4v) is 3.87. The largest absolute Gasteiger partial charge is 0.494 e. The molecule has 1 fully saturated rings. The molecule has 0 atom stereocenters. The van der Waals surface area contributed by atoms with Crippen molar-refractivity contribution in [3.8, 4) is 17.0 Å². The third-order valence-corrected chi connectivity index (χ3v) is 5.47. The molecule has 6 heteroatoms. The van der Waals surface area contributed by atoms with Crippen LogP contribution in [-0.2, 0) is 0 Å². The van der Waals surface area contributed by atoms with Gasteiger partial charge in [-0.15, -0.1) is 0 Å². The molecule has 1 heterocycles. The fraction of sp³-hybridized carbons (Fsp3) is 0.320. The summed E-state index contributed by atoms with van der Waals surface area (Å²) >= 11 is 0. The van der Waals surface area contributed by atoms with Crippen LogP contribution in [0.5, 0.6) is 5.75 Å². The first-order valence-corrected chi connectivity index (χ1v) is 10.9. The maximum absolute atomic E-state index is 12.8. The standard InChI is InChI=1S/C25H28N4O2/c1-2-31-22-13-11-21(12-14-22)29-25(30)19-8-6-7-18(15-19)23-16-24(27-17-26-23)28-20-9-4-3-5-10-20/h6-8,11-17,20H,2-5,9-10H2,1H3,(H,29,30)(H,26,27,28). The molecule has 1 aromatic heterocycles. The number of benzene rings is 2. The predicted molar refractivity (Wildman–Crippen MR) is 124 cm³/mol. The number of nitrogens with zero attached hydrogens (tertiary/aromatic N) is 2. The lowest BCUT2D eigenvalue weighted by Crippen LogP contribution is -2.22. The van der Waals surface area contributed by atoms with Crippen LogP contribution in [0.2, 0.25) is 0 Å². The Morgan fingerprint density at radius 1 is 1.03 bits per heavy atom. The van der Waals surface area contributed by atoms with Crippen LogP contribution < -0.4 is 15.4 Å². The number of nitrogens with one attached hydrogen (secondary N) is 2. The molecule has 1 aliphatic carbocycles. The molecular formula is C25H28N4O2. The summed E-state index contributed by atoms with van der Waals surface area (Å²) in [7, 11) is 0. The lowest BCUT2D eigenvalue weighted by molar-refractivity contribution is 0.102. The lowest BCUT2D eigenvalue weighted by atomic mass is 9.95. The second-order valence-electron chi connectivity index (χ2n) is 7.76. The zero-order valence-electron chi connectivity index (χ0n) is 17.8. The van der Waals surface area contributed by atoms with Gasteiger partial charge >= 0.3 is 0 Å². The number of hydrogen-bond donors (Lipinski definition) is 2. The van der Waals surface area contributed by atoms with E-state index in [-0.39, 0.29) is 5.91 Å². The minimum absolute atomic E-state index is 0.166. The Kier molecular flexibility index (Phi) is 6.77. The lowest BCUT2D eigenvalue weighted by Gasteiger charge is -2.23. The third-order valence-electron chi connectivity index (χ3n) is 5.47. The molecule has 0 radical (unpaired) electrons. The van der Waals surface area contributed by atoms with E-state index in [1.165, 1.54) is 32.1 Å². The van der Waals surface area contributed by atoms with Crippen LogP contribution in [0.4, 0.5) is 11.5 Å². The molecule has 0 unspecified atom stereocenters. The van der Waals surface area contributed by atoms with Crippen molar-refractivity contribution >= 4 is 17.4 Å². The molecule has 31 heavy (non-hydrogen) atoms. The van der Waals surface area contributed by atoms with Crippen molar-refractivity contribution in [3.05, 3.63) is 66.5 Å². The molecule has 2 N–H and O–H groups in total. The zero-order chi connectivity index (χ0) is 21.5. The summed E-state index contributed by atoms with van der Waals surface area (Å²) in [6.07, 6.45) is 7.79. The van der Waals surface area contributed by atoms with Crippen LogP contribution in [0.1, 0.15) is 49.4 Å². The van der Waals surface area contributed by atoms with Gasteiger partial charge in [0.2, 0.25) is 0 Å². The summed E-state index contributed by atoms with van der Waals surface area (Å²) in [4.78, 5) is 21.5. The van der Waals surface area contributed by atoms with Crippen LogP contribution in [0, 0.1) is 0 Å². The highest BCUT2D eigenvalue weighted by atomic mass is 16.5. The minimum atomic E-state index is -0.166. The van der Waals surface area contributed by atoms with Gasteiger partial charge in [-0.2, -0.15) is 0 Å². The molecule has 0 saturated heterocycles. The predicted octanol–water partition coefficient (Wildman–Crippen LogP) is 5.54. The SMILES string of the molecule is CCOc1ccc(NC(=O)c2cccc(-c3cc(NC4CCCCC4)ncn3)c2)cc1. The van der Waals surface area contributed by atoms with Crippen molar-refractivity contribution in [2.75, 3.05) is 17.2 Å². The Morgan fingerprint density at radius 3 is 2.61 bits per heavy atom. The summed E-state index contributed by atoms with van der Waals surface area (Å²) in [5.41, 5.74) is 2.98. The maximum atomic E-state index is 12.8. The number of amides is 1. The Hall–Kier alpha value is -3.41. The van der Waals surface area contributed by atoms with Gasteiger partial charge in [-0.1, -0.05) is 31.4 Å². The van der Waals surface area contributed by atoms with E-state index in [1.807, 2.05) is 55.5 Å². The number of carbonyl (C=O) groups excluding carboxylic acids is 1. The highest BCUT2D eigenvalue weighted by Gasteiger charge is 2.14. The fourth-order valence-electron chi connectivity index (χ4n) is 3.87. The van der Waals surface area contributed by atoms with E-state index in [0.29, 0.717) is 18.2 Å². The minimum Gasteiger partial charge on any atom is -0.494 e. The number of carbonyl (C=O) groups is 1. The monoisotopic (exact) mass is 416 g/mol. The van der Waals surface area contributed by atoms with Gasteiger partial charge in [0, 0.05) is 28.9 Å². The number of aromatic nitrogens is 2. The molecule has 2 aromatic carbocycles. The second-order valence-corrected chi connectivity index (χ2v) is 7.76. The Labute approximate surface area is 183 Å². The summed E-state index contributed by atoms with van der Waals surface area (Å²) in [6.45, 7) is 2.55. The third kappa shape index (κ3) is 5.60. The highest BCUT2D eigenvalue weighted by molar-refractivity contribution is 6.04. The first kappa shape index (κ1) is 20.8. The van der Waals surface area contributed by atoms with E-state index in [2.05, 4.69) is 20.6 Å². The normalized spacial score (nSPS) is 14.1. The average molecular weight is 417 g/mol. The van der Waals surface area contributed by atoms with Gasteiger partial charge in [-0.25, -0.2) is 9.97 Å². The first-order chi connectivity index (χ1) is 15.2. The van der Waals surface area contributed by atoms with Crippen molar-refractivity contribution in [1.82, 2.24) is 9.97 Å². The Balaban J connectivity index is 1.46. The van der Waals surface area contributed by atoms with Gasteiger partial charge in [0.15, 0.2) is 0 Å². The van der Waals surface area contributed by atoms with E-state index < -0.39 is 0 Å². The molecule has 1 saturated carbocycles. The number of hydrogen-bond acceptors (Lipinski definition) is 5. The van der Waals surface area contributed by atoms with E-state index in [9.17, 15) is 4.79 Å². The molecule has 6 nitrogen and oxygen atoms in total. The smallest absolute Gasteiger partial charge is 0.255 e. The number of ether oxygens (including phenoxy) is 1. The van der Waals surface area contributed by atoms with Crippen LogP contribution >= 0.6 is 0 Å². The molecule has 4 rings (SSSR count). The number of rotatable bonds is 7. The second kappa shape index (κ2) is 10.1. The van der Waals surface area contributed by atoms with Gasteiger partial charge in [0.1, 0.15) is 17.9 Å². The van der Waals surface area contributed by atoms with E-state index in [0.717, 1.165) is 28.5 Å². The van der Waals surface area contributed by atoms with Crippen LogP contribution in [0.3, 0.4) is 0 Å². The van der Waals surface area contributed by atoms with E-state index in [1.54, 1.807) is 12.4 Å². The van der Waals surface area contributed by atoms with Gasteiger partial charge in [-0.3, -0.25) is 4.79 Å². The topological polar surface area (TPSA) is 76.1 Å². The number of anilines is 2. The molecule has 0 aliphatic heterocycles. The molecule has 3 aromatic rings. The summed E-state index contributed by atoms with van der Waals surface area (Å²) in [5, 5.41) is 6.47. The van der Waals surface area contributed by atoms with E-state index >= 15 is 0 Å². The van der Waals surface area contributed by atoms with Crippen molar-refractivity contribution in [2.24, 2.45) is 0 Å². The van der Waals surface area contributed by atoms with E-state index in [4.69, 9.17) is 4.74 Å². The average Bonchev–Trinajstić information content (AvgIpc) is 2.81. The summed E-state index contributed by atoms with van der Waals surface area (Å²) in [6, 6.07) is 17.3. The van der Waals surface area contributed by atoms with Crippen molar-refractivity contribution < 1.29 is 9.53 Å². The maximum Gasteiger partial charge on any atom is 0.255 e. The van der Waals surface area contributed by atoms with Crippen molar-refractivity contribution in [2.45, 2.75) is 45.1 Å². The van der Waals surface area contributed by atoms with Crippen molar-refractivity contribution in [1.29, 1.82) is 0 Å². The zero-order valence-corrected chi connectivity index (χ0v) is 17.8. The molecule has 160 valence electrons. The summed E-state index contributed by atoms with van der Waals surface area (Å²) in [5.74, 6) is 1.45. The Morgan fingerprint density at radius 2 is 1.84 bits per heavy atom. The molecular weight excluding hydrogens is 388 g/mol. The molecule has 1 amide bonds. The Bertz CT molecular complexity index is 1010. The van der Waals surface area contributed by atoms with Crippen LogP contribution in [-0.4, -0.2) is 28.5 Å². The molecule has 0 spiro atoms. The van der Waals surface area contributed by atoms with Gasteiger partial charge in [0.25, 0.3) is 5.91 Å². The quantitative estimate of drug-likeness (QED) is 0.529. The van der Waals surface area contributed by atoms with Gasteiger partial charge in [-0.05, 0) is 56.2 Å². The highest BCUT2D eigenvalue weighted by Crippen LogP contribution is 2.24. The van der Waals surface area contributed by atoms with Gasteiger partial charge in [0.05, 0.1) is 12.3 Å². The van der Waals surface area contributed by atoms with Crippen LogP contribution in [0.15, 0.2) is 60.9 Å². The molecule has 0 bridgehead atoms. The molecule has 1 aliphatic rings. The van der Waals surface area contributed by atoms with Crippen LogP contribution in [0.25, 0.3) is 11.3 Å². The van der Waals surface area contributed by atoms with Crippen molar-refractivity contribution in [3.63, 3.8) is 0 Å². The van der Waals surface area contributed by atoms with Gasteiger partial charge < -0.3 is 15.4 Å².